The van der Waals surface area contributed by atoms with E-state index < -0.39 is 0 Å². The Kier molecular flexibility index (Phi) is 11.4. The molecule has 0 amide bonds. The number of hydrogen-bond acceptors (Lipinski definition) is 3. The third kappa shape index (κ3) is 8.48. The number of pyridine rings is 1. The van der Waals surface area contributed by atoms with Crippen molar-refractivity contribution in [1.82, 2.24) is 15.6 Å². The lowest BCUT2D eigenvalue weighted by Crippen LogP contribution is -2.37. The molecule has 0 aliphatic heterocycles. The van der Waals surface area contributed by atoms with Gasteiger partial charge in [-0.1, -0.05) is 36.9 Å². The quantitative estimate of drug-likeness (QED) is 0.211. The molecule has 2 rings (SSSR count). The monoisotopic (exact) mass is 466 g/mol. The van der Waals surface area contributed by atoms with Crippen molar-refractivity contribution in [3.8, 4) is 0 Å². The van der Waals surface area contributed by atoms with Gasteiger partial charge in [0.05, 0.1) is 6.10 Å². The van der Waals surface area contributed by atoms with Crippen molar-refractivity contribution in [3.05, 3.63) is 29.0 Å². The first-order valence-corrected chi connectivity index (χ1v) is 8.82. The standard InChI is InChI=1S/C17H27ClN4O.HI/c1-19-17(22-13-14-8-9-16(18)21-12-14)20-10-5-11-23-15-6-3-2-4-7-15;/h8-9,12,15H,2-7,10-11,13H2,1H3,(H2,19,20,22);1H. The number of halogens is 2. The minimum Gasteiger partial charge on any atom is -0.378 e. The Morgan fingerprint density at radius 2 is 2.08 bits per heavy atom. The Balaban J connectivity index is 0.00000288. The molecule has 0 radical (unpaired) electrons. The third-order valence-electron chi connectivity index (χ3n) is 3.99. The maximum Gasteiger partial charge on any atom is 0.191 e. The smallest absolute Gasteiger partial charge is 0.191 e. The molecule has 0 saturated heterocycles. The molecule has 7 heteroatoms. The number of rotatable bonds is 7. The molecule has 1 heterocycles. The SMILES string of the molecule is CN=C(NCCCOC1CCCCC1)NCc1ccc(Cl)nc1.I. The first kappa shape index (κ1) is 21.4. The second-order valence-electron chi connectivity index (χ2n) is 5.83. The fourth-order valence-corrected chi connectivity index (χ4v) is 2.79. The van der Waals surface area contributed by atoms with Gasteiger partial charge in [-0.05, 0) is 30.9 Å². The molecule has 2 N–H and O–H groups in total. The van der Waals surface area contributed by atoms with E-state index in [1.165, 1.54) is 32.1 Å². The van der Waals surface area contributed by atoms with E-state index in [4.69, 9.17) is 16.3 Å². The van der Waals surface area contributed by atoms with Gasteiger partial charge in [0.1, 0.15) is 5.15 Å². The lowest BCUT2D eigenvalue weighted by Gasteiger charge is -2.22. The molecule has 1 fully saturated rings. The van der Waals surface area contributed by atoms with Crippen LogP contribution in [0, 0.1) is 0 Å². The molecule has 24 heavy (non-hydrogen) atoms. The number of aromatic nitrogens is 1. The maximum atomic E-state index is 5.92. The number of hydrogen-bond donors (Lipinski definition) is 2. The van der Waals surface area contributed by atoms with Gasteiger partial charge in [-0.15, -0.1) is 24.0 Å². The lowest BCUT2D eigenvalue weighted by molar-refractivity contribution is 0.0277. The summed E-state index contributed by atoms with van der Waals surface area (Å²) >= 11 is 5.78. The van der Waals surface area contributed by atoms with Crippen LogP contribution in [0.15, 0.2) is 23.3 Å². The second-order valence-corrected chi connectivity index (χ2v) is 6.21. The highest BCUT2D eigenvalue weighted by Crippen LogP contribution is 2.20. The number of nitrogens with one attached hydrogen (secondary N) is 2. The third-order valence-corrected chi connectivity index (χ3v) is 4.22. The first-order chi connectivity index (χ1) is 11.3. The minimum absolute atomic E-state index is 0. The molecule has 0 unspecified atom stereocenters. The van der Waals surface area contributed by atoms with Gasteiger partial charge in [0.2, 0.25) is 0 Å². The van der Waals surface area contributed by atoms with Gasteiger partial charge in [-0.3, -0.25) is 4.99 Å². The van der Waals surface area contributed by atoms with Crippen molar-refractivity contribution in [2.45, 2.75) is 51.2 Å². The molecule has 5 nitrogen and oxygen atoms in total. The van der Waals surface area contributed by atoms with Crippen LogP contribution in [0.3, 0.4) is 0 Å². The van der Waals surface area contributed by atoms with Gasteiger partial charge >= 0.3 is 0 Å². The number of nitrogens with zero attached hydrogens (tertiary/aromatic N) is 2. The second kappa shape index (κ2) is 12.7. The van der Waals surface area contributed by atoms with Crippen molar-refractivity contribution >= 4 is 41.5 Å². The van der Waals surface area contributed by atoms with E-state index in [1.54, 1.807) is 19.3 Å². The summed E-state index contributed by atoms with van der Waals surface area (Å²) in [6, 6.07) is 3.74. The van der Waals surface area contributed by atoms with Crippen molar-refractivity contribution in [1.29, 1.82) is 0 Å². The normalized spacial score (nSPS) is 15.7. The number of ether oxygens (including phenoxy) is 1. The highest BCUT2D eigenvalue weighted by molar-refractivity contribution is 14.0. The van der Waals surface area contributed by atoms with Gasteiger partial charge in [-0.25, -0.2) is 4.98 Å². The average molecular weight is 467 g/mol. The van der Waals surface area contributed by atoms with Crippen LogP contribution in [0.5, 0.6) is 0 Å². The predicted molar refractivity (Wildman–Crippen MR) is 110 cm³/mol. The largest absolute Gasteiger partial charge is 0.378 e. The number of aliphatic imine (C=N–C) groups is 1. The van der Waals surface area contributed by atoms with E-state index in [1.807, 2.05) is 6.07 Å². The zero-order valence-electron chi connectivity index (χ0n) is 14.3. The zero-order chi connectivity index (χ0) is 16.3. The van der Waals surface area contributed by atoms with Gasteiger partial charge in [-0.2, -0.15) is 0 Å². The van der Waals surface area contributed by atoms with Crippen molar-refractivity contribution in [2.24, 2.45) is 4.99 Å². The van der Waals surface area contributed by atoms with E-state index >= 15 is 0 Å². The molecule has 0 spiro atoms. The molecular weight excluding hydrogens is 439 g/mol. The summed E-state index contributed by atoms with van der Waals surface area (Å²) in [6.07, 6.45) is 9.70. The lowest BCUT2D eigenvalue weighted by atomic mass is 9.98. The topological polar surface area (TPSA) is 58.5 Å². The molecule has 1 aromatic rings. The maximum absolute atomic E-state index is 5.92. The molecule has 1 aliphatic carbocycles. The van der Waals surface area contributed by atoms with Crippen LogP contribution < -0.4 is 10.6 Å². The van der Waals surface area contributed by atoms with Crippen LogP contribution in [0.25, 0.3) is 0 Å². The molecule has 0 aromatic carbocycles. The molecule has 1 saturated carbocycles. The Morgan fingerprint density at radius 3 is 2.75 bits per heavy atom. The Bertz CT molecular complexity index is 478. The van der Waals surface area contributed by atoms with Gasteiger partial charge in [0.15, 0.2) is 5.96 Å². The molecule has 136 valence electrons. The fourth-order valence-electron chi connectivity index (χ4n) is 2.68. The van der Waals surface area contributed by atoms with Gasteiger partial charge < -0.3 is 15.4 Å². The average Bonchev–Trinajstić information content (AvgIpc) is 2.59. The van der Waals surface area contributed by atoms with Crippen LogP contribution >= 0.6 is 35.6 Å². The zero-order valence-corrected chi connectivity index (χ0v) is 17.3. The van der Waals surface area contributed by atoms with E-state index in [0.717, 1.165) is 31.1 Å². The van der Waals surface area contributed by atoms with E-state index in [9.17, 15) is 0 Å². The molecular formula is C17H28ClIN4O. The summed E-state index contributed by atoms with van der Waals surface area (Å²) in [5.74, 6) is 0.789. The number of guanidine groups is 1. The van der Waals surface area contributed by atoms with Crippen LogP contribution in [-0.4, -0.2) is 37.2 Å². The van der Waals surface area contributed by atoms with Gasteiger partial charge in [0.25, 0.3) is 0 Å². The van der Waals surface area contributed by atoms with E-state index in [-0.39, 0.29) is 24.0 Å². The van der Waals surface area contributed by atoms with E-state index in [0.29, 0.717) is 17.8 Å². The van der Waals surface area contributed by atoms with Crippen molar-refractivity contribution < 1.29 is 4.74 Å². The highest BCUT2D eigenvalue weighted by atomic mass is 127. The first-order valence-electron chi connectivity index (χ1n) is 8.44. The Hall–Kier alpha value is -0.600. The van der Waals surface area contributed by atoms with Crippen LogP contribution in [0.1, 0.15) is 44.1 Å². The summed E-state index contributed by atoms with van der Waals surface area (Å²) in [5.41, 5.74) is 1.07. The summed E-state index contributed by atoms with van der Waals surface area (Å²) in [5, 5.41) is 7.07. The van der Waals surface area contributed by atoms with Crippen molar-refractivity contribution in [3.63, 3.8) is 0 Å². The predicted octanol–water partition coefficient (Wildman–Crippen LogP) is 3.76. The minimum atomic E-state index is 0. The van der Waals surface area contributed by atoms with Gasteiger partial charge in [0, 0.05) is 32.9 Å². The van der Waals surface area contributed by atoms with Crippen LogP contribution in [0.2, 0.25) is 5.15 Å². The fraction of sp³-hybridized carbons (Fsp3) is 0.647. The van der Waals surface area contributed by atoms with Crippen LogP contribution in [-0.2, 0) is 11.3 Å². The van der Waals surface area contributed by atoms with Crippen molar-refractivity contribution in [2.75, 3.05) is 20.2 Å². The highest BCUT2D eigenvalue weighted by Gasteiger charge is 2.12. The van der Waals surface area contributed by atoms with E-state index in [2.05, 4.69) is 20.6 Å². The molecule has 0 bridgehead atoms. The molecule has 1 aliphatic rings. The summed E-state index contributed by atoms with van der Waals surface area (Å²) in [4.78, 5) is 8.28. The molecule has 1 aromatic heterocycles. The summed E-state index contributed by atoms with van der Waals surface area (Å²) in [7, 11) is 1.77. The Morgan fingerprint density at radius 1 is 1.29 bits per heavy atom. The summed E-state index contributed by atoms with van der Waals surface area (Å²) in [6.45, 7) is 2.34. The summed E-state index contributed by atoms with van der Waals surface area (Å²) < 4.78 is 5.92. The Labute approximate surface area is 167 Å². The molecule has 0 atom stereocenters. The van der Waals surface area contributed by atoms with Crippen LogP contribution in [0.4, 0.5) is 0 Å².